The Kier molecular flexibility index (Phi) is 5.66. The van der Waals surface area contributed by atoms with Crippen LogP contribution < -0.4 is 0 Å². The van der Waals surface area contributed by atoms with Gasteiger partial charge in [-0.05, 0) is 48.0 Å². The van der Waals surface area contributed by atoms with Gasteiger partial charge in [0.2, 0.25) is 0 Å². The first kappa shape index (κ1) is 19.7. The standard InChI is InChI=1S/C15H27NO7/c1-14(2,3)22-12(20)16(13(21)23-15(4,5)6)8-7-9(17)11(19)10(8)18/h8-11,17-19H,7H2,1-6H3/t8-,9+,10+,11-/m1/s1. The highest BCUT2D eigenvalue weighted by molar-refractivity contribution is 5.88. The molecule has 0 aromatic rings. The molecule has 1 fully saturated rings. The molecular formula is C15H27NO7. The topological polar surface area (TPSA) is 117 Å². The Hall–Kier alpha value is -1.38. The minimum absolute atomic E-state index is 0.166. The normalized spacial score (nSPS) is 28.4. The molecule has 8 heteroatoms. The molecular weight excluding hydrogens is 306 g/mol. The zero-order chi connectivity index (χ0) is 18.2. The minimum Gasteiger partial charge on any atom is -0.443 e. The third kappa shape index (κ3) is 5.33. The second-order valence-corrected chi connectivity index (χ2v) is 7.68. The van der Waals surface area contributed by atoms with E-state index >= 15 is 0 Å². The van der Waals surface area contributed by atoms with Gasteiger partial charge in [-0.1, -0.05) is 0 Å². The maximum atomic E-state index is 12.4. The van der Waals surface area contributed by atoms with E-state index in [0.717, 1.165) is 0 Å². The molecule has 1 rings (SSSR count). The Morgan fingerprint density at radius 1 is 0.870 bits per heavy atom. The van der Waals surface area contributed by atoms with Crippen molar-refractivity contribution in [1.82, 2.24) is 4.90 Å². The van der Waals surface area contributed by atoms with Crippen LogP contribution in [0, 0.1) is 0 Å². The Bertz CT molecular complexity index is 424. The molecule has 0 spiro atoms. The summed E-state index contributed by atoms with van der Waals surface area (Å²) < 4.78 is 10.4. The van der Waals surface area contributed by atoms with Crippen molar-refractivity contribution >= 4 is 12.2 Å². The van der Waals surface area contributed by atoms with Gasteiger partial charge in [0.1, 0.15) is 23.4 Å². The van der Waals surface area contributed by atoms with E-state index in [9.17, 15) is 24.9 Å². The summed E-state index contributed by atoms with van der Waals surface area (Å²) in [6.07, 6.45) is -6.35. The van der Waals surface area contributed by atoms with Crippen molar-refractivity contribution in [3.8, 4) is 0 Å². The van der Waals surface area contributed by atoms with Crippen molar-refractivity contribution in [3.05, 3.63) is 0 Å². The first-order valence-corrected chi connectivity index (χ1v) is 7.52. The van der Waals surface area contributed by atoms with Gasteiger partial charge < -0.3 is 24.8 Å². The van der Waals surface area contributed by atoms with Crippen LogP contribution in [0.5, 0.6) is 0 Å². The van der Waals surface area contributed by atoms with Gasteiger partial charge in [0.15, 0.2) is 0 Å². The van der Waals surface area contributed by atoms with Crippen LogP contribution in [0.15, 0.2) is 0 Å². The fourth-order valence-electron chi connectivity index (χ4n) is 2.21. The summed E-state index contributed by atoms with van der Waals surface area (Å²) in [4.78, 5) is 25.3. The van der Waals surface area contributed by atoms with Gasteiger partial charge in [-0.2, -0.15) is 0 Å². The summed E-state index contributed by atoms with van der Waals surface area (Å²) >= 11 is 0. The average Bonchev–Trinajstić information content (AvgIpc) is 2.53. The minimum atomic E-state index is -1.48. The van der Waals surface area contributed by atoms with Crippen molar-refractivity contribution in [1.29, 1.82) is 0 Å². The predicted octanol–water partition coefficient (Wildman–Crippen LogP) is 1.01. The number of hydrogen-bond donors (Lipinski definition) is 3. The number of aliphatic hydroxyl groups excluding tert-OH is 3. The molecule has 1 saturated carbocycles. The van der Waals surface area contributed by atoms with Gasteiger partial charge in [0, 0.05) is 0 Å². The molecule has 1 aliphatic carbocycles. The zero-order valence-electron chi connectivity index (χ0n) is 14.4. The van der Waals surface area contributed by atoms with E-state index in [1.165, 1.54) is 0 Å². The highest BCUT2D eigenvalue weighted by Crippen LogP contribution is 2.28. The molecule has 0 radical (unpaired) electrons. The number of carbonyl (C=O) groups is 2. The largest absolute Gasteiger partial charge is 0.443 e. The molecule has 0 aromatic carbocycles. The van der Waals surface area contributed by atoms with Crippen LogP contribution in [0.2, 0.25) is 0 Å². The highest BCUT2D eigenvalue weighted by atomic mass is 16.6. The van der Waals surface area contributed by atoms with E-state index in [1.54, 1.807) is 41.5 Å². The summed E-state index contributed by atoms with van der Waals surface area (Å²) in [6, 6.07) is -1.13. The number of amides is 2. The summed E-state index contributed by atoms with van der Waals surface area (Å²) in [5.74, 6) is 0. The quantitative estimate of drug-likeness (QED) is 0.655. The fraction of sp³-hybridized carbons (Fsp3) is 0.867. The van der Waals surface area contributed by atoms with Crippen molar-refractivity contribution in [2.24, 2.45) is 0 Å². The van der Waals surface area contributed by atoms with Gasteiger partial charge in [-0.3, -0.25) is 0 Å². The molecule has 3 N–H and O–H groups in total. The van der Waals surface area contributed by atoms with Crippen molar-refractivity contribution in [2.45, 2.75) is 83.5 Å². The van der Waals surface area contributed by atoms with E-state index in [4.69, 9.17) is 9.47 Å². The lowest BCUT2D eigenvalue weighted by Gasteiger charge is -2.33. The monoisotopic (exact) mass is 333 g/mol. The molecule has 23 heavy (non-hydrogen) atoms. The van der Waals surface area contributed by atoms with Crippen LogP contribution in [-0.2, 0) is 9.47 Å². The molecule has 0 heterocycles. The third-order valence-electron chi connectivity index (χ3n) is 3.13. The molecule has 0 saturated heterocycles. The first-order chi connectivity index (χ1) is 10.2. The molecule has 8 nitrogen and oxygen atoms in total. The Labute approximate surface area is 136 Å². The first-order valence-electron chi connectivity index (χ1n) is 7.52. The number of nitrogens with zero attached hydrogens (tertiary/aromatic N) is 1. The molecule has 1 aliphatic rings. The van der Waals surface area contributed by atoms with Gasteiger partial charge in [0.25, 0.3) is 0 Å². The average molecular weight is 333 g/mol. The van der Waals surface area contributed by atoms with Crippen LogP contribution in [0.25, 0.3) is 0 Å². The number of ether oxygens (including phenoxy) is 2. The van der Waals surface area contributed by atoms with E-state index in [0.29, 0.717) is 4.90 Å². The second kappa shape index (κ2) is 6.62. The van der Waals surface area contributed by atoms with E-state index < -0.39 is 47.7 Å². The lowest BCUT2D eigenvalue weighted by atomic mass is 10.1. The molecule has 4 atom stereocenters. The van der Waals surface area contributed by atoms with E-state index in [-0.39, 0.29) is 6.42 Å². The van der Waals surface area contributed by atoms with Crippen molar-refractivity contribution < 1.29 is 34.4 Å². The van der Waals surface area contributed by atoms with Crippen LogP contribution in [0.3, 0.4) is 0 Å². The smallest absolute Gasteiger partial charge is 0.420 e. The Morgan fingerprint density at radius 3 is 1.52 bits per heavy atom. The summed E-state index contributed by atoms with van der Waals surface area (Å²) in [5, 5.41) is 29.4. The fourth-order valence-corrected chi connectivity index (χ4v) is 2.21. The number of hydrogen-bond acceptors (Lipinski definition) is 7. The van der Waals surface area contributed by atoms with Crippen LogP contribution >= 0.6 is 0 Å². The Balaban J connectivity index is 3.07. The molecule has 0 aromatic heterocycles. The SMILES string of the molecule is CC(C)(C)OC(=O)N(C(=O)OC(C)(C)C)[C@@H]1C[C@H](O)[C@@H](O)[C@H]1O. The molecule has 134 valence electrons. The van der Waals surface area contributed by atoms with Gasteiger partial charge in [-0.25, -0.2) is 14.5 Å². The lowest BCUT2D eigenvalue weighted by Crippen LogP contribution is -2.52. The summed E-state index contributed by atoms with van der Waals surface area (Å²) in [7, 11) is 0. The number of imide groups is 1. The van der Waals surface area contributed by atoms with Crippen LogP contribution in [-0.4, -0.2) is 68.0 Å². The number of carbonyl (C=O) groups excluding carboxylic acids is 2. The van der Waals surface area contributed by atoms with Gasteiger partial charge >= 0.3 is 12.2 Å². The maximum Gasteiger partial charge on any atom is 0.420 e. The summed E-state index contributed by atoms with van der Waals surface area (Å²) in [6.45, 7) is 9.79. The van der Waals surface area contributed by atoms with Crippen molar-refractivity contribution in [3.63, 3.8) is 0 Å². The zero-order valence-corrected chi connectivity index (χ0v) is 14.4. The molecule has 0 bridgehead atoms. The summed E-state index contributed by atoms with van der Waals surface area (Å²) in [5.41, 5.74) is -1.73. The van der Waals surface area contributed by atoms with Gasteiger partial charge in [0.05, 0.1) is 12.1 Å². The van der Waals surface area contributed by atoms with E-state index in [1.807, 2.05) is 0 Å². The lowest BCUT2D eigenvalue weighted by molar-refractivity contribution is -0.0433. The molecule has 0 aliphatic heterocycles. The predicted molar refractivity (Wildman–Crippen MR) is 80.7 cm³/mol. The second-order valence-electron chi connectivity index (χ2n) is 7.68. The van der Waals surface area contributed by atoms with E-state index in [2.05, 4.69) is 0 Å². The van der Waals surface area contributed by atoms with Crippen LogP contribution in [0.1, 0.15) is 48.0 Å². The Morgan fingerprint density at radius 2 is 1.26 bits per heavy atom. The molecule has 2 amide bonds. The highest BCUT2D eigenvalue weighted by Gasteiger charge is 2.49. The van der Waals surface area contributed by atoms with Crippen molar-refractivity contribution in [2.75, 3.05) is 0 Å². The van der Waals surface area contributed by atoms with Crippen LogP contribution in [0.4, 0.5) is 9.59 Å². The van der Waals surface area contributed by atoms with Gasteiger partial charge in [-0.15, -0.1) is 0 Å². The number of rotatable bonds is 1. The maximum absolute atomic E-state index is 12.4. The third-order valence-corrected chi connectivity index (χ3v) is 3.13. The number of aliphatic hydroxyl groups is 3. The molecule has 0 unspecified atom stereocenters.